The number of amides is 2. The fraction of sp³-hybridized carbons (Fsp3) is 0.0526. The van der Waals surface area contributed by atoms with Gasteiger partial charge in [0.1, 0.15) is 11.1 Å². The Morgan fingerprint density at radius 3 is 2.27 bits per heavy atom. The summed E-state index contributed by atoms with van der Waals surface area (Å²) >= 11 is 0. The lowest BCUT2D eigenvalue weighted by atomic mass is 10.0. The number of rotatable bonds is 3. The van der Waals surface area contributed by atoms with Crippen LogP contribution < -0.4 is 5.06 Å². The molecular formula is C19H14NO5S+. The van der Waals surface area contributed by atoms with Gasteiger partial charge in [-0.3, -0.25) is 0 Å². The molecule has 0 saturated heterocycles. The molecule has 7 heteroatoms. The molecule has 1 heterocycles. The van der Waals surface area contributed by atoms with Crippen molar-refractivity contribution in [3.63, 3.8) is 0 Å². The van der Waals surface area contributed by atoms with Gasteiger partial charge < -0.3 is 0 Å². The normalized spacial score (nSPS) is 16.9. The highest BCUT2D eigenvalue weighted by Crippen LogP contribution is 2.24. The number of benzene rings is 3. The molecule has 130 valence electrons. The van der Waals surface area contributed by atoms with Gasteiger partial charge in [0.05, 0.1) is 4.90 Å². The second-order valence-corrected chi connectivity index (χ2v) is 7.59. The van der Waals surface area contributed by atoms with Gasteiger partial charge in [-0.2, -0.15) is 8.42 Å². The fourth-order valence-corrected chi connectivity index (χ4v) is 3.92. The van der Waals surface area contributed by atoms with Crippen molar-refractivity contribution in [1.29, 1.82) is 0 Å². The van der Waals surface area contributed by atoms with Gasteiger partial charge >= 0.3 is 21.9 Å². The Balaban J connectivity index is 1.75. The van der Waals surface area contributed by atoms with Crippen LogP contribution in [0.25, 0.3) is 10.8 Å². The van der Waals surface area contributed by atoms with Crippen LogP contribution in [0, 0.1) is 6.92 Å². The standard InChI is InChI=1S/C19H13NO5S/c1-12-6-9-14(10-7-12)26(23,24)25-20-18(21)16-11-8-13-4-2-3-5-15(13)17(16)19(20)22/h2-11H,1H3/p+1. The predicted molar refractivity (Wildman–Crippen MR) is 93.0 cm³/mol. The van der Waals surface area contributed by atoms with E-state index >= 15 is 0 Å². The number of carbonyl (C=O) groups is 2. The van der Waals surface area contributed by atoms with E-state index in [0.717, 1.165) is 10.9 Å². The minimum atomic E-state index is -4.28. The van der Waals surface area contributed by atoms with Crippen LogP contribution in [0.5, 0.6) is 0 Å². The first-order valence-corrected chi connectivity index (χ1v) is 9.28. The van der Waals surface area contributed by atoms with E-state index in [1.807, 2.05) is 19.1 Å². The molecule has 1 aliphatic heterocycles. The second-order valence-electron chi connectivity index (χ2n) is 6.05. The molecule has 0 aromatic heterocycles. The quantitative estimate of drug-likeness (QED) is 0.711. The molecule has 0 radical (unpaired) electrons. The maximum absolute atomic E-state index is 12.7. The summed E-state index contributed by atoms with van der Waals surface area (Å²) in [6, 6.07) is 16.3. The van der Waals surface area contributed by atoms with Crippen molar-refractivity contribution < 1.29 is 27.4 Å². The molecule has 0 saturated carbocycles. The maximum Gasteiger partial charge on any atom is 0.387 e. The van der Waals surface area contributed by atoms with Crippen molar-refractivity contribution >= 4 is 32.7 Å². The summed E-state index contributed by atoms with van der Waals surface area (Å²) in [7, 11) is -4.28. The van der Waals surface area contributed by atoms with Crippen LogP contribution in [0.4, 0.5) is 0 Å². The zero-order valence-electron chi connectivity index (χ0n) is 13.7. The topological polar surface area (TPSA) is 81.9 Å². The average Bonchev–Trinajstić information content (AvgIpc) is 2.87. The Labute approximate surface area is 149 Å². The van der Waals surface area contributed by atoms with Crippen LogP contribution in [0.1, 0.15) is 26.3 Å². The van der Waals surface area contributed by atoms with E-state index in [1.165, 1.54) is 18.2 Å². The van der Waals surface area contributed by atoms with Gasteiger partial charge in [-0.1, -0.05) is 52.3 Å². The van der Waals surface area contributed by atoms with Crippen LogP contribution in [0.2, 0.25) is 0 Å². The molecule has 6 nitrogen and oxygen atoms in total. The summed E-state index contributed by atoms with van der Waals surface area (Å²) in [5, 5.41) is 0.696. The second kappa shape index (κ2) is 5.84. The maximum atomic E-state index is 12.7. The molecule has 0 aliphatic carbocycles. The van der Waals surface area contributed by atoms with Gasteiger partial charge in [-0.25, -0.2) is 9.59 Å². The summed E-state index contributed by atoms with van der Waals surface area (Å²) in [5.41, 5.74) is 1.22. The Morgan fingerprint density at radius 2 is 1.54 bits per heavy atom. The summed E-state index contributed by atoms with van der Waals surface area (Å²) in [4.78, 5) is 25.2. The highest BCUT2D eigenvalue weighted by atomic mass is 32.2. The van der Waals surface area contributed by atoms with E-state index in [4.69, 9.17) is 4.28 Å². The largest absolute Gasteiger partial charge is 0.387 e. The lowest BCUT2D eigenvalue weighted by Crippen LogP contribution is -3.14. The Kier molecular flexibility index (Phi) is 3.73. The molecule has 1 unspecified atom stereocenters. The lowest BCUT2D eigenvalue weighted by molar-refractivity contribution is -0.914. The Bertz CT molecular complexity index is 1170. The van der Waals surface area contributed by atoms with E-state index in [1.54, 1.807) is 30.3 Å². The molecule has 3 aromatic rings. The Hall–Kier alpha value is -2.87. The molecule has 26 heavy (non-hydrogen) atoms. The Morgan fingerprint density at radius 1 is 0.846 bits per heavy atom. The molecular weight excluding hydrogens is 354 g/mol. The first kappa shape index (κ1) is 16.6. The van der Waals surface area contributed by atoms with Gasteiger partial charge in [0.2, 0.25) is 0 Å². The van der Waals surface area contributed by atoms with Crippen LogP contribution >= 0.6 is 0 Å². The first-order valence-electron chi connectivity index (χ1n) is 7.88. The zero-order chi connectivity index (χ0) is 18.5. The van der Waals surface area contributed by atoms with Crippen molar-refractivity contribution in [2.75, 3.05) is 0 Å². The number of nitrogens with one attached hydrogen (secondary N) is 1. The monoisotopic (exact) mass is 368 g/mol. The van der Waals surface area contributed by atoms with Crippen LogP contribution in [-0.2, 0) is 14.4 Å². The van der Waals surface area contributed by atoms with Gasteiger partial charge in [-0.15, -0.1) is 0 Å². The number of hydrogen-bond donors (Lipinski definition) is 1. The summed E-state index contributed by atoms with van der Waals surface area (Å²) < 4.78 is 29.9. The van der Waals surface area contributed by atoms with Crippen LogP contribution in [0.15, 0.2) is 65.6 Å². The van der Waals surface area contributed by atoms with E-state index < -0.39 is 27.0 Å². The lowest BCUT2D eigenvalue weighted by Gasteiger charge is -2.07. The number of aryl methyl sites for hydroxylation is 1. The van der Waals surface area contributed by atoms with Crippen molar-refractivity contribution in [1.82, 2.24) is 0 Å². The number of quaternary nitrogens is 1. The van der Waals surface area contributed by atoms with Crippen molar-refractivity contribution in [2.24, 2.45) is 0 Å². The van der Waals surface area contributed by atoms with Gasteiger partial charge in [-0.05, 0) is 41.0 Å². The number of imide groups is 1. The molecule has 2 amide bonds. The van der Waals surface area contributed by atoms with Crippen molar-refractivity contribution in [3.05, 3.63) is 77.4 Å². The van der Waals surface area contributed by atoms with E-state index in [-0.39, 0.29) is 16.0 Å². The molecule has 1 aliphatic rings. The van der Waals surface area contributed by atoms with E-state index in [2.05, 4.69) is 0 Å². The molecule has 1 N–H and O–H groups in total. The molecule has 0 spiro atoms. The number of carbonyl (C=O) groups excluding carboxylic acids is 2. The van der Waals surface area contributed by atoms with Crippen LogP contribution in [0.3, 0.4) is 0 Å². The fourth-order valence-electron chi connectivity index (χ4n) is 2.98. The minimum Gasteiger partial charge on any atom is -0.221 e. The van der Waals surface area contributed by atoms with Crippen molar-refractivity contribution in [2.45, 2.75) is 11.8 Å². The van der Waals surface area contributed by atoms with Crippen LogP contribution in [-0.4, -0.2) is 20.2 Å². The molecule has 0 fully saturated rings. The molecule has 3 aromatic carbocycles. The predicted octanol–water partition coefficient (Wildman–Crippen LogP) is 1.65. The highest BCUT2D eigenvalue weighted by Gasteiger charge is 2.48. The SMILES string of the molecule is Cc1ccc(S(=O)(=O)O[NH+]2C(=O)c3ccc4ccccc4c3C2=O)cc1. The van der Waals surface area contributed by atoms with Crippen molar-refractivity contribution in [3.8, 4) is 0 Å². The smallest absolute Gasteiger partial charge is 0.221 e. The number of fused-ring (bicyclic) bond motifs is 3. The van der Waals surface area contributed by atoms with Gasteiger partial charge in [0.25, 0.3) is 0 Å². The summed E-state index contributed by atoms with van der Waals surface area (Å²) in [6.07, 6.45) is 0. The zero-order valence-corrected chi connectivity index (χ0v) is 14.5. The van der Waals surface area contributed by atoms with E-state index in [0.29, 0.717) is 5.39 Å². The van der Waals surface area contributed by atoms with E-state index in [9.17, 15) is 18.0 Å². The molecule has 4 rings (SSSR count). The van der Waals surface area contributed by atoms with Gasteiger partial charge in [0.15, 0.2) is 0 Å². The first-order chi connectivity index (χ1) is 12.4. The third-order valence-electron chi connectivity index (χ3n) is 4.32. The number of hydroxylamine groups is 2. The minimum absolute atomic E-state index is 0.114. The summed E-state index contributed by atoms with van der Waals surface area (Å²) in [5.74, 6) is -1.43. The third kappa shape index (κ3) is 2.53. The third-order valence-corrected chi connectivity index (χ3v) is 5.55. The molecule has 0 bridgehead atoms. The average molecular weight is 368 g/mol. The van der Waals surface area contributed by atoms with Gasteiger partial charge in [0, 0.05) is 0 Å². The number of hydrogen-bond acceptors (Lipinski definition) is 5. The highest BCUT2D eigenvalue weighted by molar-refractivity contribution is 7.86. The molecule has 1 atom stereocenters. The summed E-state index contributed by atoms with van der Waals surface area (Å²) in [6.45, 7) is 1.82.